The maximum atomic E-state index is 13.7. The lowest BCUT2D eigenvalue weighted by Gasteiger charge is -2.19. The van der Waals surface area contributed by atoms with E-state index in [1.54, 1.807) is 47.3 Å². The van der Waals surface area contributed by atoms with Gasteiger partial charge in [0.25, 0.3) is 0 Å². The van der Waals surface area contributed by atoms with Gasteiger partial charge in [-0.05, 0) is 133 Å². The fourth-order valence-electron chi connectivity index (χ4n) is 8.84. The Labute approximate surface area is 488 Å². The lowest BCUT2D eigenvalue weighted by Crippen LogP contribution is -2.16. The summed E-state index contributed by atoms with van der Waals surface area (Å²) in [4.78, 5) is 0. The second-order valence-corrected chi connectivity index (χ2v) is 23.6. The molecule has 426 valence electrons. The van der Waals surface area contributed by atoms with E-state index < -0.39 is 18.3 Å². The highest BCUT2D eigenvalue weighted by Crippen LogP contribution is 2.36. The highest BCUT2D eigenvalue weighted by Gasteiger charge is 2.20. The maximum Gasteiger partial charge on any atom is 0.169 e. The van der Waals surface area contributed by atoms with Crippen molar-refractivity contribution in [3.8, 4) is 34.5 Å². The van der Waals surface area contributed by atoms with E-state index in [1.165, 1.54) is 39.4 Å². The smallest absolute Gasteiger partial charge is 0.169 e. The van der Waals surface area contributed by atoms with Crippen molar-refractivity contribution in [3.63, 3.8) is 0 Å². The van der Waals surface area contributed by atoms with Crippen molar-refractivity contribution >= 4 is 57.6 Å². The van der Waals surface area contributed by atoms with Crippen molar-refractivity contribution in [2.75, 3.05) is 21.3 Å². The average molecular weight is 1160 g/mol. The summed E-state index contributed by atoms with van der Waals surface area (Å²) in [6.07, 6.45) is -1.77. The van der Waals surface area contributed by atoms with Gasteiger partial charge in [-0.25, -0.2) is 4.39 Å². The second-order valence-electron chi connectivity index (χ2n) is 19.6. The van der Waals surface area contributed by atoms with Gasteiger partial charge in [0.15, 0.2) is 23.0 Å². The highest BCUT2D eigenvalue weighted by molar-refractivity contribution is 7.56. The lowest BCUT2D eigenvalue weighted by atomic mass is 10.1. The predicted octanol–water partition coefficient (Wildman–Crippen LogP) is 12.9. The normalized spacial score (nSPS) is 12.3. The van der Waals surface area contributed by atoms with Crippen molar-refractivity contribution in [1.29, 1.82) is 0 Å². The molecule has 82 heavy (non-hydrogen) atoms. The third-order valence-electron chi connectivity index (χ3n) is 13.2. The van der Waals surface area contributed by atoms with Gasteiger partial charge in [-0.2, -0.15) is 0 Å². The zero-order chi connectivity index (χ0) is 58.5. The van der Waals surface area contributed by atoms with E-state index in [2.05, 4.69) is 81.4 Å². The van der Waals surface area contributed by atoms with Crippen LogP contribution in [0, 0.1) is 26.6 Å². The molecule has 3 N–H and O–H groups in total. The maximum absolute atomic E-state index is 13.7. The quantitative estimate of drug-likeness (QED) is 0.0605. The fraction of sp³-hybridized carbons (Fsp3) is 0.217. The van der Waals surface area contributed by atoms with Gasteiger partial charge in [0, 0.05) is 22.0 Å². The lowest BCUT2D eigenvalue weighted by molar-refractivity contribution is 0.199. The Kier molecular flexibility index (Phi) is 23.9. The molecule has 9 nitrogen and oxygen atoms in total. The van der Waals surface area contributed by atoms with Gasteiger partial charge in [0.2, 0.25) is 0 Å². The minimum atomic E-state index is -0.783. The number of para-hydroxylation sites is 1. The van der Waals surface area contributed by atoms with E-state index in [0.29, 0.717) is 59.8 Å². The Hall–Kier alpha value is -7.12. The van der Waals surface area contributed by atoms with Gasteiger partial charge in [-0.15, -0.1) is 0 Å². The molecule has 0 aliphatic heterocycles. The zero-order valence-corrected chi connectivity index (χ0v) is 51.0. The Balaban J connectivity index is 0.000000177. The number of aryl methyl sites for hydroxylation is 3. The van der Waals surface area contributed by atoms with Crippen molar-refractivity contribution < 1.29 is 48.1 Å². The summed E-state index contributed by atoms with van der Waals surface area (Å²) in [7, 11) is 5.76. The molecule has 0 saturated carbocycles. The molecule has 0 fully saturated rings. The molecule has 6 atom stereocenters. The largest absolute Gasteiger partial charge is 0.497 e. The number of hydrogen-bond acceptors (Lipinski definition) is 9. The van der Waals surface area contributed by atoms with Gasteiger partial charge in [-0.1, -0.05) is 189 Å². The van der Waals surface area contributed by atoms with Gasteiger partial charge < -0.3 is 43.7 Å². The number of hydrogen-bond donors (Lipinski definition) is 3. The first-order chi connectivity index (χ1) is 39.6. The van der Waals surface area contributed by atoms with Crippen LogP contribution < -0.4 is 60.2 Å². The molecule has 9 aromatic rings. The van der Waals surface area contributed by atoms with Crippen LogP contribution in [0.3, 0.4) is 0 Å². The predicted molar refractivity (Wildman–Crippen MR) is 339 cm³/mol. The van der Waals surface area contributed by atoms with E-state index in [1.807, 2.05) is 116 Å². The van der Waals surface area contributed by atoms with E-state index in [9.17, 15) is 19.7 Å². The van der Waals surface area contributed by atoms with Crippen molar-refractivity contribution in [2.24, 2.45) is 0 Å². The minimum Gasteiger partial charge on any atom is -0.497 e. The van der Waals surface area contributed by atoms with E-state index >= 15 is 0 Å². The first-order valence-electron chi connectivity index (χ1n) is 27.0. The summed E-state index contributed by atoms with van der Waals surface area (Å²) in [5, 5.41) is 36.7. The number of benzene rings is 9. The number of aliphatic hydroxyl groups excluding tert-OH is 3. The summed E-state index contributed by atoms with van der Waals surface area (Å²) >= 11 is 0. The van der Waals surface area contributed by atoms with Gasteiger partial charge >= 0.3 is 0 Å². The van der Waals surface area contributed by atoms with Crippen molar-refractivity contribution in [2.45, 2.75) is 79.7 Å². The Morgan fingerprint density at radius 3 is 1.45 bits per heavy atom. The summed E-state index contributed by atoms with van der Waals surface area (Å²) in [5.74, 6) is 3.83. The first-order valence-corrected chi connectivity index (χ1v) is 30.0. The Morgan fingerprint density at radius 2 is 0.890 bits per heavy atom. The topological polar surface area (TPSA) is 116 Å². The summed E-state index contributed by atoms with van der Waals surface area (Å²) < 4.78 is 48.6. The van der Waals surface area contributed by atoms with Gasteiger partial charge in [0.05, 0.1) is 39.6 Å². The van der Waals surface area contributed by atoms with Crippen LogP contribution in [0.5, 0.6) is 34.5 Å². The molecule has 9 rings (SSSR count). The van der Waals surface area contributed by atoms with Crippen LogP contribution in [0.2, 0.25) is 0 Å². The molecule has 0 bridgehead atoms. The number of rotatable bonds is 21. The molecule has 0 aliphatic carbocycles. The standard InChI is InChI=1S/C23H24FO4P.C23H25O3P.C23H25O2P/c1-15(25)19-11-17(24)9-10-21(19)29-22-13-18(26-2)12-20(27-3)23(22)28-14-16-7-5-4-6-8-16;1-16-9-7-12-19(17(2)24)23(16)27-21-14-8-13-20(25-3)22(21)26-15-18-10-5-4-6-11-18;1-16-10-12-22(20(13-16)18(3)24)26-23-14-17(2)9-11-21(23)25-15-19-7-5-4-6-8-19/h4-13,15,25,29H,14H2,1-3H3;4-14,17,24,27H,15H2,1-3H3;4-14,18,24,26H,15H2,1-3H3. The minimum absolute atomic E-state index is 0.118. The molecule has 0 radical (unpaired) electrons. The molecular weight excluding hydrogens is 1080 g/mol. The van der Waals surface area contributed by atoms with E-state index in [-0.39, 0.29) is 14.4 Å². The van der Waals surface area contributed by atoms with Gasteiger partial charge in [0.1, 0.15) is 37.1 Å². The average Bonchev–Trinajstić information content (AvgIpc) is 3.68. The van der Waals surface area contributed by atoms with Crippen LogP contribution in [0.4, 0.5) is 4.39 Å². The Bertz CT molecular complexity index is 3450. The van der Waals surface area contributed by atoms with Crippen molar-refractivity contribution in [1.82, 2.24) is 0 Å². The number of methoxy groups -OCH3 is 3. The molecule has 0 amide bonds. The molecule has 0 aromatic heterocycles. The highest BCUT2D eigenvalue weighted by atomic mass is 31.1. The van der Waals surface area contributed by atoms with Crippen molar-refractivity contribution in [3.05, 3.63) is 250 Å². The molecular formula is C69H74FO9P3. The SMILES string of the molecule is COc1cc(OC)c(OCc2ccccc2)c(Pc2ccc(F)cc2C(C)O)c1.COc1cccc(Pc2c(C)cccc2C(C)O)c1OCc1ccccc1.Cc1ccc(OCc2ccccc2)c(Pc2ccc(C)cc2C(C)O)c1. The van der Waals surface area contributed by atoms with Gasteiger partial charge in [-0.3, -0.25) is 0 Å². The molecule has 9 aromatic carbocycles. The summed E-state index contributed by atoms with van der Waals surface area (Å²) in [6, 6.07) is 62.9. The molecule has 0 spiro atoms. The molecule has 13 heteroatoms. The Morgan fingerprint density at radius 1 is 0.390 bits per heavy atom. The van der Waals surface area contributed by atoms with Crippen LogP contribution in [0.15, 0.2) is 194 Å². The van der Waals surface area contributed by atoms with E-state index in [0.717, 1.165) is 66.3 Å². The monoisotopic (exact) mass is 1160 g/mol. The molecule has 0 aliphatic rings. The zero-order valence-electron chi connectivity index (χ0n) is 48.0. The van der Waals surface area contributed by atoms with Crippen LogP contribution in [-0.2, 0) is 19.8 Å². The summed E-state index contributed by atoms with van der Waals surface area (Å²) in [5.41, 5.74) is 9.36. The summed E-state index contributed by atoms with van der Waals surface area (Å²) in [6.45, 7) is 12.9. The number of halogens is 1. The van der Waals surface area contributed by atoms with Crippen LogP contribution >= 0.6 is 25.7 Å². The fourth-order valence-corrected chi connectivity index (χ4v) is 13.2. The van der Waals surface area contributed by atoms with Crippen LogP contribution in [0.1, 0.15) is 89.2 Å². The molecule has 0 saturated heterocycles. The number of ether oxygens (including phenoxy) is 6. The number of aliphatic hydroxyl groups is 3. The third-order valence-corrected chi connectivity index (χ3v) is 17.5. The first kappa shape index (κ1) is 62.5. The van der Waals surface area contributed by atoms with E-state index in [4.69, 9.17) is 28.4 Å². The molecule has 0 heterocycles. The second kappa shape index (κ2) is 31.4. The van der Waals surface area contributed by atoms with Crippen LogP contribution in [0.25, 0.3) is 0 Å². The molecule has 6 unspecified atom stereocenters. The van der Waals surface area contributed by atoms with Crippen LogP contribution in [-0.4, -0.2) is 36.6 Å². The third kappa shape index (κ3) is 17.9.